The van der Waals surface area contributed by atoms with Crippen LogP contribution < -0.4 is 15.8 Å². The number of aryl methyl sites for hydroxylation is 1. The summed E-state index contributed by atoms with van der Waals surface area (Å²) >= 11 is 0. The van der Waals surface area contributed by atoms with Crippen LogP contribution in [0.2, 0.25) is 0 Å². The number of nitrogens with zero attached hydrogens (tertiary/aromatic N) is 2. The number of nitrogens with two attached hydrogens (primary N) is 1. The second-order valence-corrected chi connectivity index (χ2v) is 7.11. The molecule has 1 heterocycles. The Morgan fingerprint density at radius 1 is 1.31 bits per heavy atom. The zero-order valence-electron chi connectivity index (χ0n) is 17.8. The van der Waals surface area contributed by atoms with E-state index in [9.17, 15) is 4.79 Å². The van der Waals surface area contributed by atoms with Crippen LogP contribution in [-0.2, 0) is 16.0 Å². The third-order valence-electron chi connectivity index (χ3n) is 4.77. The molecule has 8 nitrogen and oxygen atoms in total. The number of ether oxygens (including phenoxy) is 3. The molecule has 8 heteroatoms. The highest BCUT2D eigenvalue weighted by Gasteiger charge is 2.23. The molecule has 1 saturated heterocycles. The molecule has 1 aliphatic heterocycles. The molecular formula is C21H34N4O4. The third kappa shape index (κ3) is 7.81. The van der Waals surface area contributed by atoms with Crippen LogP contribution in [0.1, 0.15) is 37.3 Å². The average Bonchev–Trinajstić information content (AvgIpc) is 2.71. The molecule has 29 heavy (non-hydrogen) atoms. The average molecular weight is 407 g/mol. The van der Waals surface area contributed by atoms with Gasteiger partial charge in [-0.2, -0.15) is 0 Å². The van der Waals surface area contributed by atoms with E-state index in [1.807, 2.05) is 32.0 Å². The van der Waals surface area contributed by atoms with Crippen molar-refractivity contribution in [3.8, 4) is 5.75 Å². The van der Waals surface area contributed by atoms with Crippen molar-refractivity contribution in [3.63, 3.8) is 0 Å². The Kier molecular flexibility index (Phi) is 9.56. The maximum Gasteiger partial charge on any atom is 0.409 e. The van der Waals surface area contributed by atoms with Crippen molar-refractivity contribution < 1.29 is 19.0 Å². The zero-order chi connectivity index (χ0) is 21.1. The summed E-state index contributed by atoms with van der Waals surface area (Å²) < 4.78 is 16.0. The van der Waals surface area contributed by atoms with Gasteiger partial charge in [0.25, 0.3) is 0 Å². The van der Waals surface area contributed by atoms with Gasteiger partial charge in [-0.05, 0) is 38.3 Å². The normalized spacial score (nSPS) is 15.3. The third-order valence-corrected chi connectivity index (χ3v) is 4.77. The number of methoxy groups -OCH3 is 1. The Labute approximate surface area is 173 Å². The quantitative estimate of drug-likeness (QED) is 0.371. The van der Waals surface area contributed by atoms with Crippen LogP contribution >= 0.6 is 0 Å². The summed E-state index contributed by atoms with van der Waals surface area (Å²) in [6.07, 6.45) is 2.22. The number of rotatable bonds is 9. The molecule has 0 saturated carbocycles. The maximum absolute atomic E-state index is 11.8. The zero-order valence-corrected chi connectivity index (χ0v) is 17.8. The highest BCUT2D eigenvalue weighted by molar-refractivity contribution is 5.78. The predicted octanol–water partition coefficient (Wildman–Crippen LogP) is 2.44. The number of piperidine rings is 1. The number of aliphatic imine (C=N–C) groups is 1. The fraction of sp³-hybridized carbons (Fsp3) is 0.619. The van der Waals surface area contributed by atoms with E-state index in [2.05, 4.69) is 10.3 Å². The molecule has 1 aromatic rings. The van der Waals surface area contributed by atoms with Gasteiger partial charge in [0.15, 0.2) is 5.96 Å². The number of carbonyl (C=O) groups excluding carboxylic acids is 1. The van der Waals surface area contributed by atoms with Crippen LogP contribution in [0, 0.1) is 6.92 Å². The van der Waals surface area contributed by atoms with Gasteiger partial charge in [0.1, 0.15) is 5.75 Å². The second kappa shape index (κ2) is 12.2. The molecule has 0 aliphatic carbocycles. The summed E-state index contributed by atoms with van der Waals surface area (Å²) in [5.41, 5.74) is 8.22. The largest absolute Gasteiger partial charge is 0.493 e. The molecule has 3 N–H and O–H groups in total. The summed E-state index contributed by atoms with van der Waals surface area (Å²) in [7, 11) is 1.68. The van der Waals surface area contributed by atoms with E-state index in [0.717, 1.165) is 36.1 Å². The highest BCUT2D eigenvalue weighted by atomic mass is 16.6. The Balaban J connectivity index is 1.84. The van der Waals surface area contributed by atoms with Gasteiger partial charge in [0.05, 0.1) is 19.8 Å². The smallest absolute Gasteiger partial charge is 0.409 e. The Morgan fingerprint density at radius 2 is 2.07 bits per heavy atom. The first kappa shape index (κ1) is 22.8. The fourth-order valence-electron chi connectivity index (χ4n) is 3.16. The van der Waals surface area contributed by atoms with Gasteiger partial charge in [0.2, 0.25) is 0 Å². The number of nitrogens with one attached hydrogen (secondary N) is 1. The lowest BCUT2D eigenvalue weighted by atomic mass is 10.1. The molecule has 0 aromatic heterocycles. The van der Waals surface area contributed by atoms with Gasteiger partial charge in [-0.25, -0.2) is 9.79 Å². The molecule has 0 unspecified atom stereocenters. The number of amides is 1. The standard InChI is InChI=1S/C21H34N4O4/c1-4-28-21(26)25-10-8-18(9-11-25)24-20(22)23-15-17-7-6-16(2)14-19(17)29-13-5-12-27-3/h6-7,14,18H,4-5,8-13,15H2,1-3H3,(H3,22,23,24). The van der Waals surface area contributed by atoms with E-state index < -0.39 is 0 Å². The minimum Gasteiger partial charge on any atom is -0.493 e. The summed E-state index contributed by atoms with van der Waals surface area (Å²) in [5.74, 6) is 1.24. The van der Waals surface area contributed by atoms with E-state index in [1.54, 1.807) is 12.0 Å². The SMILES string of the molecule is CCOC(=O)N1CCC(NC(N)=NCc2ccc(C)cc2OCCCOC)CC1. The van der Waals surface area contributed by atoms with E-state index in [-0.39, 0.29) is 12.1 Å². The number of hydrogen-bond acceptors (Lipinski definition) is 5. The fourth-order valence-corrected chi connectivity index (χ4v) is 3.16. The first-order chi connectivity index (χ1) is 14.0. The molecule has 162 valence electrons. The summed E-state index contributed by atoms with van der Waals surface area (Å²) in [5, 5.41) is 3.26. The van der Waals surface area contributed by atoms with Gasteiger partial charge in [-0.1, -0.05) is 12.1 Å². The van der Waals surface area contributed by atoms with Crippen molar-refractivity contribution in [2.75, 3.05) is 40.0 Å². The van der Waals surface area contributed by atoms with Gasteiger partial charge in [-0.3, -0.25) is 0 Å². The van der Waals surface area contributed by atoms with Crippen LogP contribution in [0.4, 0.5) is 4.79 Å². The minimum atomic E-state index is -0.245. The van der Waals surface area contributed by atoms with Crippen molar-refractivity contribution in [1.29, 1.82) is 0 Å². The van der Waals surface area contributed by atoms with Crippen molar-refractivity contribution in [2.45, 2.75) is 45.7 Å². The van der Waals surface area contributed by atoms with E-state index >= 15 is 0 Å². The van der Waals surface area contributed by atoms with Crippen molar-refractivity contribution in [2.24, 2.45) is 10.7 Å². The first-order valence-corrected chi connectivity index (χ1v) is 10.2. The maximum atomic E-state index is 11.8. The summed E-state index contributed by atoms with van der Waals surface area (Å²) in [6.45, 7) is 7.27. The van der Waals surface area contributed by atoms with Gasteiger partial charge < -0.3 is 30.2 Å². The highest BCUT2D eigenvalue weighted by Crippen LogP contribution is 2.21. The lowest BCUT2D eigenvalue weighted by Gasteiger charge is -2.31. The topological polar surface area (TPSA) is 98.4 Å². The lowest BCUT2D eigenvalue weighted by Crippen LogP contribution is -2.48. The Hall–Kier alpha value is -2.48. The van der Waals surface area contributed by atoms with Gasteiger partial charge >= 0.3 is 6.09 Å². The van der Waals surface area contributed by atoms with E-state index in [0.29, 0.717) is 45.4 Å². The van der Waals surface area contributed by atoms with Crippen LogP contribution in [0.15, 0.2) is 23.2 Å². The molecule has 1 aromatic carbocycles. The Bertz CT molecular complexity index is 673. The Morgan fingerprint density at radius 3 is 2.76 bits per heavy atom. The number of carbonyl (C=O) groups is 1. The van der Waals surface area contributed by atoms with E-state index in [4.69, 9.17) is 19.9 Å². The molecular weight excluding hydrogens is 372 g/mol. The summed E-state index contributed by atoms with van der Waals surface area (Å²) in [6, 6.07) is 6.29. The number of hydrogen-bond donors (Lipinski definition) is 2. The van der Waals surface area contributed by atoms with Crippen molar-refractivity contribution in [1.82, 2.24) is 10.2 Å². The van der Waals surface area contributed by atoms with Gasteiger partial charge in [-0.15, -0.1) is 0 Å². The van der Waals surface area contributed by atoms with Gasteiger partial charge in [0, 0.05) is 44.8 Å². The predicted molar refractivity (Wildman–Crippen MR) is 113 cm³/mol. The number of likely N-dealkylation sites (tertiary alicyclic amines) is 1. The van der Waals surface area contributed by atoms with Crippen LogP contribution in [-0.4, -0.2) is 63.0 Å². The molecule has 0 atom stereocenters. The molecule has 0 spiro atoms. The molecule has 1 aliphatic rings. The van der Waals surface area contributed by atoms with Crippen LogP contribution in [0.3, 0.4) is 0 Å². The summed E-state index contributed by atoms with van der Waals surface area (Å²) in [4.78, 5) is 18.0. The van der Waals surface area contributed by atoms with Crippen molar-refractivity contribution >= 4 is 12.1 Å². The molecule has 1 fully saturated rings. The molecule has 2 rings (SSSR count). The number of guanidine groups is 1. The lowest BCUT2D eigenvalue weighted by molar-refractivity contribution is 0.0963. The molecule has 0 bridgehead atoms. The first-order valence-electron chi connectivity index (χ1n) is 10.2. The van der Waals surface area contributed by atoms with Crippen molar-refractivity contribution in [3.05, 3.63) is 29.3 Å². The van der Waals surface area contributed by atoms with E-state index in [1.165, 1.54) is 0 Å². The minimum absolute atomic E-state index is 0.201. The van der Waals surface area contributed by atoms with Crippen LogP contribution in [0.25, 0.3) is 0 Å². The molecule has 1 amide bonds. The number of benzene rings is 1. The second-order valence-electron chi connectivity index (χ2n) is 7.11. The monoisotopic (exact) mass is 406 g/mol. The molecule has 0 radical (unpaired) electrons. The van der Waals surface area contributed by atoms with Crippen LogP contribution in [0.5, 0.6) is 5.75 Å².